The van der Waals surface area contributed by atoms with Crippen molar-refractivity contribution in [1.29, 1.82) is 0 Å². The molecule has 2 aliphatic rings. The SMILES string of the molecule is NC(CC1CCNC1)C1CCCCC1. The van der Waals surface area contributed by atoms with Crippen LogP contribution in [-0.4, -0.2) is 19.1 Å². The quantitative estimate of drug-likeness (QED) is 0.723. The highest BCUT2D eigenvalue weighted by Gasteiger charge is 2.24. The lowest BCUT2D eigenvalue weighted by atomic mass is 9.81. The summed E-state index contributed by atoms with van der Waals surface area (Å²) in [5, 5.41) is 3.43. The normalized spacial score (nSPS) is 31.9. The summed E-state index contributed by atoms with van der Waals surface area (Å²) in [6.45, 7) is 2.42. The highest BCUT2D eigenvalue weighted by atomic mass is 14.9. The molecule has 0 radical (unpaired) electrons. The largest absolute Gasteiger partial charge is 0.327 e. The Morgan fingerprint density at radius 1 is 1.14 bits per heavy atom. The Bertz CT molecular complexity index is 158. The summed E-state index contributed by atoms with van der Waals surface area (Å²) in [5.41, 5.74) is 6.30. The summed E-state index contributed by atoms with van der Waals surface area (Å²) in [6.07, 6.45) is 9.66. The molecule has 2 nitrogen and oxygen atoms in total. The molecule has 1 aliphatic heterocycles. The van der Waals surface area contributed by atoms with Crippen LogP contribution >= 0.6 is 0 Å². The Kier molecular flexibility index (Phi) is 3.82. The fraction of sp³-hybridized carbons (Fsp3) is 1.00. The van der Waals surface area contributed by atoms with Crippen molar-refractivity contribution in [2.45, 2.75) is 51.0 Å². The summed E-state index contributed by atoms with van der Waals surface area (Å²) in [4.78, 5) is 0. The van der Waals surface area contributed by atoms with Crippen molar-refractivity contribution in [3.63, 3.8) is 0 Å². The minimum atomic E-state index is 0.486. The average Bonchev–Trinajstić information content (AvgIpc) is 2.72. The van der Waals surface area contributed by atoms with Crippen LogP contribution in [0.3, 0.4) is 0 Å². The monoisotopic (exact) mass is 196 g/mol. The van der Waals surface area contributed by atoms with E-state index < -0.39 is 0 Å². The predicted octanol–water partition coefficient (Wildman–Crippen LogP) is 1.89. The zero-order chi connectivity index (χ0) is 9.80. The highest BCUT2D eigenvalue weighted by molar-refractivity contribution is 4.81. The predicted molar refractivity (Wildman–Crippen MR) is 60.1 cm³/mol. The second-order valence-electron chi connectivity index (χ2n) is 5.16. The molecule has 0 amide bonds. The molecule has 82 valence electrons. The van der Waals surface area contributed by atoms with Gasteiger partial charge in [-0.05, 0) is 50.6 Å². The van der Waals surface area contributed by atoms with Crippen molar-refractivity contribution < 1.29 is 0 Å². The molecule has 1 aliphatic carbocycles. The minimum Gasteiger partial charge on any atom is -0.327 e. The molecule has 0 aromatic rings. The molecule has 2 heteroatoms. The van der Waals surface area contributed by atoms with Gasteiger partial charge in [-0.3, -0.25) is 0 Å². The van der Waals surface area contributed by atoms with E-state index in [4.69, 9.17) is 5.73 Å². The maximum Gasteiger partial charge on any atom is 0.00702 e. The van der Waals surface area contributed by atoms with Gasteiger partial charge in [-0.15, -0.1) is 0 Å². The number of nitrogens with two attached hydrogens (primary N) is 1. The van der Waals surface area contributed by atoms with Gasteiger partial charge >= 0.3 is 0 Å². The third kappa shape index (κ3) is 2.71. The molecule has 0 aromatic heterocycles. The molecular formula is C12H24N2. The van der Waals surface area contributed by atoms with E-state index in [-0.39, 0.29) is 0 Å². The van der Waals surface area contributed by atoms with Gasteiger partial charge < -0.3 is 11.1 Å². The van der Waals surface area contributed by atoms with Crippen LogP contribution in [0.4, 0.5) is 0 Å². The van der Waals surface area contributed by atoms with Crippen LogP contribution in [0, 0.1) is 11.8 Å². The lowest BCUT2D eigenvalue weighted by Crippen LogP contribution is -2.34. The molecule has 3 N–H and O–H groups in total. The van der Waals surface area contributed by atoms with Gasteiger partial charge in [0.2, 0.25) is 0 Å². The van der Waals surface area contributed by atoms with Gasteiger partial charge in [-0.25, -0.2) is 0 Å². The minimum absolute atomic E-state index is 0.486. The van der Waals surface area contributed by atoms with Crippen LogP contribution in [0.1, 0.15) is 44.9 Å². The van der Waals surface area contributed by atoms with Crippen molar-refractivity contribution >= 4 is 0 Å². The summed E-state index contributed by atoms with van der Waals surface area (Å²) >= 11 is 0. The van der Waals surface area contributed by atoms with Gasteiger partial charge in [-0.1, -0.05) is 19.3 Å². The van der Waals surface area contributed by atoms with Crippen molar-refractivity contribution in [1.82, 2.24) is 5.32 Å². The van der Waals surface area contributed by atoms with Crippen molar-refractivity contribution in [3.8, 4) is 0 Å². The zero-order valence-electron chi connectivity index (χ0n) is 9.17. The molecule has 2 atom stereocenters. The first-order chi connectivity index (χ1) is 6.86. The number of nitrogens with one attached hydrogen (secondary N) is 1. The van der Waals surface area contributed by atoms with Crippen LogP contribution in [0.5, 0.6) is 0 Å². The van der Waals surface area contributed by atoms with Crippen LogP contribution < -0.4 is 11.1 Å². The molecule has 2 rings (SSSR count). The van der Waals surface area contributed by atoms with Crippen molar-refractivity contribution in [3.05, 3.63) is 0 Å². The molecule has 1 heterocycles. The zero-order valence-corrected chi connectivity index (χ0v) is 9.17. The van der Waals surface area contributed by atoms with Gasteiger partial charge in [0, 0.05) is 6.04 Å². The van der Waals surface area contributed by atoms with E-state index in [9.17, 15) is 0 Å². The van der Waals surface area contributed by atoms with Gasteiger partial charge in [0.15, 0.2) is 0 Å². The van der Waals surface area contributed by atoms with Crippen LogP contribution in [0.25, 0.3) is 0 Å². The van der Waals surface area contributed by atoms with E-state index in [0.717, 1.165) is 11.8 Å². The number of hydrogen-bond acceptors (Lipinski definition) is 2. The molecule has 0 spiro atoms. The topological polar surface area (TPSA) is 38.0 Å². The third-order valence-corrected chi connectivity index (χ3v) is 4.02. The standard InChI is InChI=1S/C12H24N2/c13-12(8-10-6-7-14-9-10)11-4-2-1-3-5-11/h10-12,14H,1-9,13H2. The Hall–Kier alpha value is -0.0800. The Morgan fingerprint density at radius 2 is 1.93 bits per heavy atom. The van der Waals surface area contributed by atoms with Crippen LogP contribution in [-0.2, 0) is 0 Å². The van der Waals surface area contributed by atoms with Gasteiger partial charge in [0.05, 0.1) is 0 Å². The van der Waals surface area contributed by atoms with E-state index in [1.54, 1.807) is 0 Å². The van der Waals surface area contributed by atoms with Crippen LogP contribution in [0.15, 0.2) is 0 Å². The van der Waals surface area contributed by atoms with Gasteiger partial charge in [0.25, 0.3) is 0 Å². The fourth-order valence-electron chi connectivity index (χ4n) is 3.06. The lowest BCUT2D eigenvalue weighted by molar-refractivity contribution is 0.273. The van der Waals surface area contributed by atoms with E-state index in [1.807, 2.05) is 0 Å². The molecule has 0 bridgehead atoms. The maximum absolute atomic E-state index is 6.30. The van der Waals surface area contributed by atoms with E-state index >= 15 is 0 Å². The first-order valence-corrected chi connectivity index (χ1v) is 6.32. The highest BCUT2D eigenvalue weighted by Crippen LogP contribution is 2.29. The lowest BCUT2D eigenvalue weighted by Gasteiger charge is -2.29. The maximum atomic E-state index is 6.30. The average molecular weight is 196 g/mol. The Balaban J connectivity index is 1.72. The Labute approximate surface area is 87.6 Å². The van der Waals surface area contributed by atoms with E-state index in [0.29, 0.717) is 6.04 Å². The second kappa shape index (κ2) is 5.13. The first kappa shape index (κ1) is 10.4. The van der Waals surface area contributed by atoms with E-state index in [1.165, 1.54) is 58.0 Å². The van der Waals surface area contributed by atoms with Gasteiger partial charge in [-0.2, -0.15) is 0 Å². The molecule has 0 aromatic carbocycles. The molecular weight excluding hydrogens is 172 g/mol. The van der Waals surface area contributed by atoms with Crippen LogP contribution in [0.2, 0.25) is 0 Å². The summed E-state index contributed by atoms with van der Waals surface area (Å²) in [5.74, 6) is 1.70. The fourth-order valence-corrected chi connectivity index (χ4v) is 3.06. The van der Waals surface area contributed by atoms with Crippen molar-refractivity contribution in [2.24, 2.45) is 17.6 Å². The summed E-state index contributed by atoms with van der Waals surface area (Å²) in [6, 6.07) is 0.486. The summed E-state index contributed by atoms with van der Waals surface area (Å²) in [7, 11) is 0. The second-order valence-corrected chi connectivity index (χ2v) is 5.16. The smallest absolute Gasteiger partial charge is 0.00702 e. The molecule has 1 saturated carbocycles. The number of rotatable bonds is 3. The van der Waals surface area contributed by atoms with Gasteiger partial charge in [0.1, 0.15) is 0 Å². The van der Waals surface area contributed by atoms with Crippen molar-refractivity contribution in [2.75, 3.05) is 13.1 Å². The third-order valence-electron chi connectivity index (χ3n) is 4.02. The molecule has 1 saturated heterocycles. The van der Waals surface area contributed by atoms with E-state index in [2.05, 4.69) is 5.32 Å². The first-order valence-electron chi connectivity index (χ1n) is 6.32. The molecule has 2 unspecified atom stereocenters. The molecule has 14 heavy (non-hydrogen) atoms. The Morgan fingerprint density at radius 3 is 2.57 bits per heavy atom. The number of hydrogen-bond donors (Lipinski definition) is 2. The molecule has 2 fully saturated rings. The summed E-state index contributed by atoms with van der Waals surface area (Å²) < 4.78 is 0.